The molecule has 1 fully saturated rings. The molecular weight excluding hydrogens is 204 g/mol. The Kier molecular flexibility index (Phi) is 2.69. The largest absolute Gasteiger partial charge is 0.393 e. The van der Waals surface area contributed by atoms with Crippen molar-refractivity contribution in [3.63, 3.8) is 0 Å². The number of nitrogens with zero attached hydrogens (tertiary/aromatic N) is 2. The lowest BCUT2D eigenvalue weighted by Crippen LogP contribution is -2.24. The van der Waals surface area contributed by atoms with Gasteiger partial charge in [0.05, 0.1) is 6.10 Å². The maximum atomic E-state index is 9.59. The fourth-order valence-electron chi connectivity index (χ4n) is 2.68. The van der Waals surface area contributed by atoms with Crippen LogP contribution in [0.2, 0.25) is 0 Å². The molecule has 3 rings (SSSR count). The van der Waals surface area contributed by atoms with Crippen molar-refractivity contribution >= 4 is 0 Å². The van der Waals surface area contributed by atoms with Crippen LogP contribution in [0.3, 0.4) is 0 Å². The molecule has 0 aliphatic carbocycles. The Morgan fingerprint density at radius 1 is 1.50 bits per heavy atom. The molecule has 4 heteroatoms. The van der Waals surface area contributed by atoms with Crippen LogP contribution in [0.1, 0.15) is 24.4 Å². The van der Waals surface area contributed by atoms with Crippen LogP contribution in [0.5, 0.6) is 0 Å². The van der Waals surface area contributed by atoms with Crippen LogP contribution < -0.4 is 0 Å². The third-order valence-electron chi connectivity index (χ3n) is 3.65. The number of ether oxygens (including phenoxy) is 1. The van der Waals surface area contributed by atoms with E-state index in [1.807, 2.05) is 6.20 Å². The van der Waals surface area contributed by atoms with Gasteiger partial charge in [-0.25, -0.2) is 4.98 Å². The quantitative estimate of drug-likeness (QED) is 0.804. The summed E-state index contributed by atoms with van der Waals surface area (Å²) >= 11 is 0. The van der Waals surface area contributed by atoms with Gasteiger partial charge in [0.1, 0.15) is 5.82 Å². The number of aliphatic hydroxyl groups excluding tert-OH is 1. The van der Waals surface area contributed by atoms with Crippen molar-refractivity contribution in [2.45, 2.75) is 38.3 Å². The van der Waals surface area contributed by atoms with Crippen molar-refractivity contribution in [3.8, 4) is 0 Å². The summed E-state index contributed by atoms with van der Waals surface area (Å²) in [5.74, 6) is 1.82. The summed E-state index contributed by atoms with van der Waals surface area (Å²) in [6, 6.07) is 0. The second-order valence-electron chi connectivity index (χ2n) is 4.90. The Morgan fingerprint density at radius 3 is 3.25 bits per heavy atom. The van der Waals surface area contributed by atoms with Crippen LogP contribution in [0.25, 0.3) is 0 Å². The second-order valence-corrected chi connectivity index (χ2v) is 4.90. The zero-order valence-electron chi connectivity index (χ0n) is 9.43. The first-order chi connectivity index (χ1) is 7.83. The van der Waals surface area contributed by atoms with E-state index >= 15 is 0 Å². The molecule has 16 heavy (non-hydrogen) atoms. The van der Waals surface area contributed by atoms with Gasteiger partial charge in [-0.3, -0.25) is 0 Å². The van der Waals surface area contributed by atoms with E-state index in [1.54, 1.807) is 0 Å². The monoisotopic (exact) mass is 222 g/mol. The molecule has 3 heterocycles. The van der Waals surface area contributed by atoms with Crippen LogP contribution in [-0.4, -0.2) is 34.0 Å². The fraction of sp³-hybridized carbons (Fsp3) is 0.750. The van der Waals surface area contributed by atoms with E-state index in [1.165, 1.54) is 11.5 Å². The maximum absolute atomic E-state index is 9.59. The lowest BCUT2D eigenvalue weighted by Gasteiger charge is -2.21. The van der Waals surface area contributed by atoms with Crippen LogP contribution in [0, 0.1) is 5.92 Å². The van der Waals surface area contributed by atoms with Crippen LogP contribution >= 0.6 is 0 Å². The van der Waals surface area contributed by atoms with Crippen LogP contribution in [-0.2, 0) is 24.1 Å². The number of imidazole rings is 1. The number of aromatic nitrogens is 2. The van der Waals surface area contributed by atoms with Crippen molar-refractivity contribution in [1.29, 1.82) is 0 Å². The van der Waals surface area contributed by atoms with Gasteiger partial charge in [-0.2, -0.15) is 0 Å². The molecule has 2 atom stereocenters. The minimum atomic E-state index is -0.174. The topological polar surface area (TPSA) is 47.3 Å². The summed E-state index contributed by atoms with van der Waals surface area (Å²) in [5.41, 5.74) is 1.19. The van der Waals surface area contributed by atoms with E-state index in [0.29, 0.717) is 5.92 Å². The SMILES string of the molecule is OC1CCn2c(cnc2CC2CCOC2)C1. The molecule has 1 saturated heterocycles. The Hall–Kier alpha value is -0.870. The molecule has 1 aromatic rings. The summed E-state index contributed by atoms with van der Waals surface area (Å²) in [4.78, 5) is 4.49. The van der Waals surface area contributed by atoms with Gasteiger partial charge in [0.25, 0.3) is 0 Å². The van der Waals surface area contributed by atoms with E-state index < -0.39 is 0 Å². The highest BCUT2D eigenvalue weighted by molar-refractivity contribution is 5.10. The summed E-state index contributed by atoms with van der Waals surface area (Å²) in [5, 5.41) is 9.59. The van der Waals surface area contributed by atoms with E-state index in [2.05, 4.69) is 9.55 Å². The van der Waals surface area contributed by atoms with Gasteiger partial charge in [0.2, 0.25) is 0 Å². The first-order valence-electron chi connectivity index (χ1n) is 6.12. The third kappa shape index (κ3) is 1.87. The van der Waals surface area contributed by atoms with Crippen LogP contribution in [0.4, 0.5) is 0 Å². The number of aliphatic hydroxyl groups is 1. The Labute approximate surface area is 95.3 Å². The summed E-state index contributed by atoms with van der Waals surface area (Å²) in [6.45, 7) is 2.70. The molecule has 1 N–H and O–H groups in total. The van der Waals surface area contributed by atoms with Gasteiger partial charge < -0.3 is 14.4 Å². The first-order valence-corrected chi connectivity index (χ1v) is 6.12. The van der Waals surface area contributed by atoms with Crippen molar-refractivity contribution in [1.82, 2.24) is 9.55 Å². The van der Waals surface area contributed by atoms with Gasteiger partial charge in [-0.1, -0.05) is 0 Å². The molecular formula is C12H18N2O2. The average molecular weight is 222 g/mol. The molecule has 0 aromatic carbocycles. The Balaban J connectivity index is 1.75. The predicted octanol–water partition coefficient (Wildman–Crippen LogP) is 0.769. The molecule has 1 aromatic heterocycles. The van der Waals surface area contributed by atoms with E-state index in [4.69, 9.17) is 4.74 Å². The Bertz CT molecular complexity index is 369. The molecule has 2 aliphatic rings. The maximum Gasteiger partial charge on any atom is 0.109 e. The zero-order chi connectivity index (χ0) is 11.0. The highest BCUT2D eigenvalue weighted by Gasteiger charge is 2.23. The first kappa shape index (κ1) is 10.3. The fourth-order valence-corrected chi connectivity index (χ4v) is 2.68. The third-order valence-corrected chi connectivity index (χ3v) is 3.65. The summed E-state index contributed by atoms with van der Waals surface area (Å²) in [6.07, 6.45) is 5.55. The average Bonchev–Trinajstić information content (AvgIpc) is 2.89. The van der Waals surface area contributed by atoms with Gasteiger partial charge in [0.15, 0.2) is 0 Å². The molecule has 0 spiro atoms. The molecule has 0 bridgehead atoms. The Morgan fingerprint density at radius 2 is 2.44 bits per heavy atom. The summed E-state index contributed by atoms with van der Waals surface area (Å²) in [7, 11) is 0. The highest BCUT2D eigenvalue weighted by atomic mass is 16.5. The van der Waals surface area contributed by atoms with E-state index in [9.17, 15) is 5.11 Å². The number of rotatable bonds is 2. The molecule has 88 valence electrons. The van der Waals surface area contributed by atoms with Crippen molar-refractivity contribution in [2.24, 2.45) is 5.92 Å². The molecule has 2 unspecified atom stereocenters. The molecule has 0 amide bonds. The van der Waals surface area contributed by atoms with Crippen molar-refractivity contribution in [3.05, 3.63) is 17.7 Å². The lowest BCUT2D eigenvalue weighted by molar-refractivity contribution is 0.142. The highest BCUT2D eigenvalue weighted by Crippen LogP contribution is 2.22. The predicted molar refractivity (Wildman–Crippen MR) is 59.2 cm³/mol. The van der Waals surface area contributed by atoms with Crippen LogP contribution in [0.15, 0.2) is 6.20 Å². The van der Waals surface area contributed by atoms with Gasteiger partial charge >= 0.3 is 0 Å². The molecule has 0 radical (unpaired) electrons. The standard InChI is InChI=1S/C12H18N2O2/c15-11-1-3-14-10(6-11)7-13-12(14)5-9-2-4-16-8-9/h7,9,11,15H,1-6,8H2. The smallest absolute Gasteiger partial charge is 0.109 e. The number of fused-ring (bicyclic) bond motifs is 1. The summed E-state index contributed by atoms with van der Waals surface area (Å²) < 4.78 is 7.67. The lowest BCUT2D eigenvalue weighted by atomic mass is 10.0. The molecule has 0 saturated carbocycles. The minimum absolute atomic E-state index is 0.174. The zero-order valence-corrected chi connectivity index (χ0v) is 9.43. The molecule has 4 nitrogen and oxygen atoms in total. The van der Waals surface area contributed by atoms with Gasteiger partial charge in [0, 0.05) is 44.5 Å². The molecule has 2 aliphatic heterocycles. The second kappa shape index (κ2) is 4.18. The van der Waals surface area contributed by atoms with Crippen molar-refractivity contribution in [2.75, 3.05) is 13.2 Å². The van der Waals surface area contributed by atoms with Crippen molar-refractivity contribution < 1.29 is 9.84 Å². The minimum Gasteiger partial charge on any atom is -0.393 e. The normalized spacial score (nSPS) is 29.3. The van der Waals surface area contributed by atoms with E-state index in [0.717, 1.165) is 45.4 Å². The number of hydrogen-bond acceptors (Lipinski definition) is 3. The number of hydrogen-bond donors (Lipinski definition) is 1. The van der Waals surface area contributed by atoms with E-state index in [-0.39, 0.29) is 6.10 Å². The van der Waals surface area contributed by atoms with Gasteiger partial charge in [-0.05, 0) is 18.8 Å². The van der Waals surface area contributed by atoms with Gasteiger partial charge in [-0.15, -0.1) is 0 Å².